The number of thiol groups is 1. The zero-order chi connectivity index (χ0) is 17.9. The van der Waals surface area contributed by atoms with Gasteiger partial charge in [0, 0.05) is 18.3 Å². The molecule has 0 N–H and O–H groups in total. The van der Waals surface area contributed by atoms with Gasteiger partial charge in [-0.25, -0.2) is 0 Å². The first-order valence-electron chi connectivity index (χ1n) is 9.49. The van der Waals surface area contributed by atoms with Crippen molar-refractivity contribution in [3.05, 3.63) is 11.6 Å². The number of allylic oxidation sites excluding steroid dienone is 2. The third kappa shape index (κ3) is 2.25. The molecule has 0 aromatic rings. The molecule has 1 heterocycles. The second-order valence-corrected chi connectivity index (χ2v) is 9.25. The number of carbonyl (C=O) groups is 1. The molecule has 1 spiro atoms. The molecule has 4 heteroatoms. The molecule has 3 atom stereocenters. The number of rotatable bonds is 0. The van der Waals surface area contributed by atoms with Gasteiger partial charge in [0.25, 0.3) is 0 Å². The highest BCUT2D eigenvalue weighted by Crippen LogP contribution is 2.68. The van der Waals surface area contributed by atoms with Gasteiger partial charge in [-0.1, -0.05) is 39.3 Å². The van der Waals surface area contributed by atoms with Crippen LogP contribution in [0.4, 0.5) is 0 Å². The molecule has 0 aromatic carbocycles. The average molecular weight is 361 g/mol. The van der Waals surface area contributed by atoms with Crippen molar-refractivity contribution in [3.63, 3.8) is 0 Å². The number of carbonyl (C=O) groups excluding carboxylic acids is 1. The second kappa shape index (κ2) is 5.62. The van der Waals surface area contributed by atoms with E-state index in [1.165, 1.54) is 5.57 Å². The standard InChI is InChI=1S/C21H28O3S/c1-18(2)16-5-7-20(10-13-25)6-4-15(22)14-17(20)19(16,3)8-9-21(18)23-11-12-24-21/h14,16,25H,4-9,11-12H2,1-3H3/t16-,19-,20+/m0/s1. The van der Waals surface area contributed by atoms with E-state index < -0.39 is 5.79 Å². The zero-order valence-corrected chi connectivity index (χ0v) is 16.4. The van der Waals surface area contributed by atoms with Gasteiger partial charge in [-0.3, -0.25) is 4.79 Å². The Morgan fingerprint density at radius 2 is 1.84 bits per heavy atom. The lowest BCUT2D eigenvalue weighted by Crippen LogP contribution is -2.62. The fourth-order valence-corrected chi connectivity index (χ4v) is 6.67. The summed E-state index contributed by atoms with van der Waals surface area (Å²) in [4.78, 5) is 12.3. The third-order valence-electron chi connectivity index (χ3n) is 7.74. The summed E-state index contributed by atoms with van der Waals surface area (Å²) in [5, 5.41) is 2.87. The van der Waals surface area contributed by atoms with Crippen LogP contribution in [0.2, 0.25) is 0 Å². The van der Waals surface area contributed by atoms with Crippen molar-refractivity contribution >= 4 is 18.4 Å². The first-order valence-corrected chi connectivity index (χ1v) is 9.94. The van der Waals surface area contributed by atoms with E-state index in [-0.39, 0.29) is 22.0 Å². The Bertz CT molecular complexity index is 692. The minimum atomic E-state index is -0.467. The predicted molar refractivity (Wildman–Crippen MR) is 100 cm³/mol. The summed E-state index contributed by atoms with van der Waals surface area (Å²) in [6.07, 6.45) is 7.32. The van der Waals surface area contributed by atoms with Crippen LogP contribution < -0.4 is 0 Å². The molecular weight excluding hydrogens is 332 g/mol. The Morgan fingerprint density at radius 3 is 2.52 bits per heavy atom. The molecule has 25 heavy (non-hydrogen) atoms. The van der Waals surface area contributed by atoms with Gasteiger partial charge >= 0.3 is 0 Å². The van der Waals surface area contributed by atoms with E-state index in [1.54, 1.807) is 0 Å². The van der Waals surface area contributed by atoms with E-state index in [0.29, 0.717) is 25.6 Å². The zero-order valence-electron chi connectivity index (χ0n) is 15.5. The molecule has 4 aliphatic rings. The molecule has 1 saturated heterocycles. The van der Waals surface area contributed by atoms with Gasteiger partial charge in [0.15, 0.2) is 11.6 Å². The summed E-state index contributed by atoms with van der Waals surface area (Å²) >= 11 is 4.20. The predicted octanol–water partition coefficient (Wildman–Crippen LogP) is 4.13. The lowest BCUT2D eigenvalue weighted by Gasteiger charge is -2.63. The van der Waals surface area contributed by atoms with Crippen molar-refractivity contribution in [3.8, 4) is 11.2 Å². The van der Waals surface area contributed by atoms with E-state index in [0.717, 1.165) is 32.1 Å². The van der Waals surface area contributed by atoms with Crippen LogP contribution in [0.25, 0.3) is 0 Å². The highest BCUT2D eigenvalue weighted by Gasteiger charge is 2.66. The lowest BCUT2D eigenvalue weighted by molar-refractivity contribution is -0.284. The molecule has 0 amide bonds. The maximum atomic E-state index is 12.3. The molecule has 3 fully saturated rings. The first kappa shape index (κ1) is 17.6. The number of fused-ring (bicyclic) bond motifs is 3. The Hall–Kier alpha value is -0.760. The molecule has 3 aliphatic carbocycles. The van der Waals surface area contributed by atoms with Gasteiger partial charge in [0.05, 0.1) is 18.6 Å². The molecule has 3 nitrogen and oxygen atoms in total. The van der Waals surface area contributed by atoms with Crippen LogP contribution in [0.3, 0.4) is 0 Å². The summed E-state index contributed by atoms with van der Waals surface area (Å²) in [5.41, 5.74) is 0.961. The largest absolute Gasteiger partial charge is 0.347 e. The number of ketones is 1. The fraction of sp³-hybridized carbons (Fsp3) is 0.762. The average Bonchev–Trinajstić information content (AvgIpc) is 3.04. The molecule has 0 unspecified atom stereocenters. The number of ether oxygens (including phenoxy) is 2. The lowest BCUT2D eigenvalue weighted by atomic mass is 9.43. The second-order valence-electron chi connectivity index (χ2n) is 9.02. The van der Waals surface area contributed by atoms with Crippen molar-refractivity contribution in [2.75, 3.05) is 13.2 Å². The topological polar surface area (TPSA) is 35.5 Å². The summed E-state index contributed by atoms with van der Waals surface area (Å²) in [6.45, 7) is 8.30. The fourth-order valence-electron chi connectivity index (χ4n) is 6.46. The minimum Gasteiger partial charge on any atom is -0.347 e. The molecule has 136 valence electrons. The highest BCUT2D eigenvalue weighted by atomic mass is 32.1. The third-order valence-corrected chi connectivity index (χ3v) is 7.85. The molecule has 4 rings (SSSR count). The van der Waals surface area contributed by atoms with E-state index >= 15 is 0 Å². The van der Waals surface area contributed by atoms with Gasteiger partial charge < -0.3 is 9.47 Å². The van der Waals surface area contributed by atoms with Gasteiger partial charge in [0.1, 0.15) is 0 Å². The van der Waals surface area contributed by atoms with Crippen molar-refractivity contribution in [2.45, 2.75) is 65.1 Å². The molecule has 2 saturated carbocycles. The van der Waals surface area contributed by atoms with E-state index in [4.69, 9.17) is 9.47 Å². The highest BCUT2D eigenvalue weighted by molar-refractivity contribution is 7.85. The van der Waals surface area contributed by atoms with Gasteiger partial charge in [-0.05, 0) is 53.9 Å². The maximum absolute atomic E-state index is 12.3. The van der Waals surface area contributed by atoms with Crippen LogP contribution in [0, 0.1) is 33.3 Å². The summed E-state index contributed by atoms with van der Waals surface area (Å²) in [6, 6.07) is 0. The smallest absolute Gasteiger partial charge is 0.173 e. The van der Waals surface area contributed by atoms with Gasteiger partial charge in [-0.15, -0.1) is 0 Å². The van der Waals surface area contributed by atoms with Crippen LogP contribution >= 0.6 is 12.6 Å². The SMILES string of the molecule is CC1(C)[C@@H]2CC[C@@]3(C#CS)CCC(=O)C=C3[C@@]2(C)CCC12OCCO2. The molecular formula is C21H28O3S. The van der Waals surface area contributed by atoms with Crippen LogP contribution in [0.5, 0.6) is 0 Å². The van der Waals surface area contributed by atoms with E-state index in [1.807, 2.05) is 6.08 Å². The van der Waals surface area contributed by atoms with Crippen molar-refractivity contribution in [1.29, 1.82) is 0 Å². The van der Waals surface area contributed by atoms with Crippen LogP contribution in [0.15, 0.2) is 11.6 Å². The van der Waals surface area contributed by atoms with E-state index in [9.17, 15) is 4.79 Å². The monoisotopic (exact) mass is 360 g/mol. The van der Waals surface area contributed by atoms with E-state index in [2.05, 4.69) is 44.6 Å². The molecule has 0 radical (unpaired) electrons. The Balaban J connectivity index is 1.81. The molecule has 0 bridgehead atoms. The Kier molecular flexibility index (Phi) is 3.96. The quantitative estimate of drug-likeness (QED) is 0.521. The molecule has 1 aliphatic heterocycles. The normalized spacial score (nSPS) is 41.4. The van der Waals surface area contributed by atoms with Crippen molar-refractivity contribution in [2.24, 2.45) is 22.2 Å². The van der Waals surface area contributed by atoms with Gasteiger partial charge in [-0.2, -0.15) is 0 Å². The summed E-state index contributed by atoms with van der Waals surface area (Å²) in [7, 11) is 0. The Labute approximate surface area is 156 Å². The first-order chi connectivity index (χ1) is 11.8. The molecule has 0 aromatic heterocycles. The summed E-state index contributed by atoms with van der Waals surface area (Å²) < 4.78 is 12.3. The van der Waals surface area contributed by atoms with Gasteiger partial charge in [0.2, 0.25) is 0 Å². The summed E-state index contributed by atoms with van der Waals surface area (Å²) in [5.74, 6) is 3.60. The Morgan fingerprint density at radius 1 is 1.12 bits per heavy atom. The van der Waals surface area contributed by atoms with Crippen LogP contribution in [-0.2, 0) is 14.3 Å². The minimum absolute atomic E-state index is 0.0317. The van der Waals surface area contributed by atoms with Crippen molar-refractivity contribution in [1.82, 2.24) is 0 Å². The number of hydrogen-bond donors (Lipinski definition) is 1. The van der Waals surface area contributed by atoms with Crippen molar-refractivity contribution < 1.29 is 14.3 Å². The van der Waals surface area contributed by atoms with Crippen LogP contribution in [0.1, 0.15) is 59.3 Å². The maximum Gasteiger partial charge on any atom is 0.173 e. The van der Waals surface area contributed by atoms with Crippen LogP contribution in [-0.4, -0.2) is 24.8 Å². The number of hydrogen-bond acceptors (Lipinski definition) is 4.